The van der Waals surface area contributed by atoms with E-state index in [1.54, 1.807) is 26.8 Å². The van der Waals surface area contributed by atoms with E-state index in [0.717, 1.165) is 11.1 Å². The zero-order valence-corrected chi connectivity index (χ0v) is 13.9. The minimum Gasteiger partial charge on any atom is -0.467 e. The maximum atomic E-state index is 12.4. The largest absolute Gasteiger partial charge is 0.467 e. The van der Waals surface area contributed by atoms with Crippen LogP contribution in [0.15, 0.2) is 18.2 Å². The van der Waals surface area contributed by atoms with Crippen molar-refractivity contribution in [2.75, 3.05) is 7.11 Å². The molecule has 1 aliphatic heterocycles. The molecule has 0 N–H and O–H groups in total. The number of esters is 1. The van der Waals surface area contributed by atoms with E-state index in [1.165, 1.54) is 12.0 Å². The number of amides is 1. The summed E-state index contributed by atoms with van der Waals surface area (Å²) in [5.74, 6) is -0.462. The zero-order valence-electron chi connectivity index (χ0n) is 13.2. The Morgan fingerprint density at radius 2 is 1.95 bits per heavy atom. The zero-order chi connectivity index (χ0) is 16.5. The van der Waals surface area contributed by atoms with Gasteiger partial charge in [0.15, 0.2) is 0 Å². The third-order valence-corrected chi connectivity index (χ3v) is 3.63. The number of fused-ring (bicyclic) bond motifs is 1. The van der Waals surface area contributed by atoms with Gasteiger partial charge >= 0.3 is 12.1 Å². The van der Waals surface area contributed by atoms with E-state index in [1.807, 2.05) is 12.1 Å². The van der Waals surface area contributed by atoms with Crippen LogP contribution >= 0.6 is 11.6 Å². The van der Waals surface area contributed by atoms with Gasteiger partial charge in [0.25, 0.3) is 0 Å². The fourth-order valence-electron chi connectivity index (χ4n) is 2.41. The predicted octanol–water partition coefficient (Wildman–Crippen LogP) is 3.17. The lowest BCUT2D eigenvalue weighted by molar-refractivity contribution is -0.147. The Kier molecular flexibility index (Phi) is 4.66. The Balaban J connectivity index is 2.32. The molecule has 0 bridgehead atoms. The van der Waals surface area contributed by atoms with Crippen LogP contribution in [0.25, 0.3) is 0 Å². The van der Waals surface area contributed by atoms with E-state index < -0.39 is 23.7 Å². The fourth-order valence-corrected chi connectivity index (χ4v) is 2.60. The number of carbonyl (C=O) groups excluding carboxylic acids is 2. The van der Waals surface area contributed by atoms with Crippen LogP contribution in [-0.2, 0) is 27.2 Å². The van der Waals surface area contributed by atoms with Crippen LogP contribution in [0, 0.1) is 0 Å². The number of hydrogen-bond donors (Lipinski definition) is 0. The summed E-state index contributed by atoms with van der Waals surface area (Å²) >= 11 is 6.00. The summed E-state index contributed by atoms with van der Waals surface area (Å²) in [4.78, 5) is 25.8. The minimum atomic E-state index is -0.703. The second-order valence-corrected chi connectivity index (χ2v) is 6.70. The molecule has 1 atom stereocenters. The van der Waals surface area contributed by atoms with Crippen molar-refractivity contribution >= 4 is 23.7 Å². The molecule has 0 saturated heterocycles. The molecule has 1 amide bonds. The van der Waals surface area contributed by atoms with Crippen LogP contribution in [0.5, 0.6) is 0 Å². The Labute approximate surface area is 135 Å². The van der Waals surface area contributed by atoms with Crippen molar-refractivity contribution in [2.45, 2.75) is 45.4 Å². The van der Waals surface area contributed by atoms with Gasteiger partial charge in [0.2, 0.25) is 0 Å². The van der Waals surface area contributed by atoms with Crippen molar-refractivity contribution < 1.29 is 19.1 Å². The number of carbonyl (C=O) groups is 2. The van der Waals surface area contributed by atoms with Gasteiger partial charge in [-0.05, 0) is 44.0 Å². The number of methoxy groups -OCH3 is 1. The first-order chi connectivity index (χ1) is 10.2. The second kappa shape index (κ2) is 6.16. The first kappa shape index (κ1) is 16.6. The van der Waals surface area contributed by atoms with Crippen LogP contribution in [0.3, 0.4) is 0 Å². The lowest BCUT2D eigenvalue weighted by Gasteiger charge is -2.36. The van der Waals surface area contributed by atoms with E-state index in [0.29, 0.717) is 18.0 Å². The van der Waals surface area contributed by atoms with E-state index in [4.69, 9.17) is 21.1 Å². The molecule has 1 aromatic carbocycles. The molecule has 0 spiro atoms. The molecule has 2 rings (SSSR count). The van der Waals surface area contributed by atoms with Crippen molar-refractivity contribution in [3.8, 4) is 0 Å². The van der Waals surface area contributed by atoms with E-state index in [2.05, 4.69) is 0 Å². The van der Waals surface area contributed by atoms with Gasteiger partial charge in [0, 0.05) is 11.4 Å². The molecule has 1 heterocycles. The van der Waals surface area contributed by atoms with Gasteiger partial charge in [-0.3, -0.25) is 4.90 Å². The summed E-state index contributed by atoms with van der Waals surface area (Å²) in [5, 5.41) is 0.605. The lowest BCUT2D eigenvalue weighted by atomic mass is 9.94. The van der Waals surface area contributed by atoms with Crippen molar-refractivity contribution in [3.05, 3.63) is 34.3 Å². The molecule has 1 aromatic rings. The van der Waals surface area contributed by atoms with Crippen LogP contribution < -0.4 is 0 Å². The Morgan fingerprint density at radius 3 is 2.55 bits per heavy atom. The van der Waals surface area contributed by atoms with Crippen LogP contribution in [0.1, 0.15) is 31.9 Å². The molecular formula is C16H20ClNO4. The number of rotatable bonds is 1. The average molecular weight is 326 g/mol. The first-order valence-corrected chi connectivity index (χ1v) is 7.44. The number of halogens is 1. The third kappa shape index (κ3) is 3.71. The van der Waals surface area contributed by atoms with Gasteiger partial charge in [0.1, 0.15) is 11.6 Å². The molecule has 120 valence electrons. The Morgan fingerprint density at radius 1 is 1.27 bits per heavy atom. The standard InChI is InChI=1S/C16H20ClNO4/c1-16(2,3)22-15(20)18-9-10-5-6-12(17)7-11(10)8-13(18)14(19)21-4/h5-7,13H,8-9H2,1-4H3. The lowest BCUT2D eigenvalue weighted by Crippen LogP contribution is -2.50. The smallest absolute Gasteiger partial charge is 0.411 e. The van der Waals surface area contributed by atoms with E-state index in [9.17, 15) is 9.59 Å². The molecule has 0 aliphatic carbocycles. The molecule has 0 aromatic heterocycles. The summed E-state index contributed by atoms with van der Waals surface area (Å²) in [7, 11) is 1.31. The molecule has 6 heteroatoms. The summed E-state index contributed by atoms with van der Waals surface area (Å²) in [6.07, 6.45) is -0.162. The molecule has 0 saturated carbocycles. The monoisotopic (exact) mass is 325 g/mol. The SMILES string of the molecule is COC(=O)C1Cc2cc(Cl)ccc2CN1C(=O)OC(C)(C)C. The fraction of sp³-hybridized carbons (Fsp3) is 0.500. The number of hydrogen-bond acceptors (Lipinski definition) is 4. The maximum Gasteiger partial charge on any atom is 0.411 e. The quantitative estimate of drug-likeness (QED) is 0.744. The highest BCUT2D eigenvalue weighted by atomic mass is 35.5. The minimum absolute atomic E-state index is 0.293. The van der Waals surface area contributed by atoms with Gasteiger partial charge in [-0.1, -0.05) is 17.7 Å². The van der Waals surface area contributed by atoms with Crippen molar-refractivity contribution in [1.82, 2.24) is 4.90 Å². The third-order valence-electron chi connectivity index (χ3n) is 3.40. The first-order valence-electron chi connectivity index (χ1n) is 7.06. The average Bonchev–Trinajstić information content (AvgIpc) is 2.43. The molecule has 1 unspecified atom stereocenters. The van der Waals surface area contributed by atoms with Gasteiger partial charge in [-0.25, -0.2) is 9.59 Å². The topological polar surface area (TPSA) is 55.8 Å². The molecule has 22 heavy (non-hydrogen) atoms. The molecule has 0 fully saturated rings. The van der Waals surface area contributed by atoms with Gasteiger partial charge in [0.05, 0.1) is 13.7 Å². The van der Waals surface area contributed by atoms with Gasteiger partial charge < -0.3 is 9.47 Å². The van der Waals surface area contributed by atoms with E-state index in [-0.39, 0.29) is 0 Å². The van der Waals surface area contributed by atoms with Gasteiger partial charge in [-0.2, -0.15) is 0 Å². The normalized spacial score (nSPS) is 17.7. The summed E-state index contributed by atoms with van der Waals surface area (Å²) < 4.78 is 10.2. The van der Waals surface area contributed by atoms with Gasteiger partial charge in [-0.15, -0.1) is 0 Å². The summed E-state index contributed by atoms with van der Waals surface area (Å²) in [6, 6.07) is 4.75. The number of nitrogens with zero attached hydrogens (tertiary/aromatic N) is 1. The Bertz CT molecular complexity index is 594. The summed E-state index contributed by atoms with van der Waals surface area (Å²) in [6.45, 7) is 5.66. The van der Waals surface area contributed by atoms with Crippen LogP contribution in [0.4, 0.5) is 4.79 Å². The van der Waals surface area contributed by atoms with Crippen molar-refractivity contribution in [1.29, 1.82) is 0 Å². The highest BCUT2D eigenvalue weighted by Gasteiger charge is 2.37. The van der Waals surface area contributed by atoms with E-state index >= 15 is 0 Å². The molecule has 5 nitrogen and oxygen atoms in total. The van der Waals surface area contributed by atoms with Crippen molar-refractivity contribution in [3.63, 3.8) is 0 Å². The van der Waals surface area contributed by atoms with Crippen LogP contribution in [0.2, 0.25) is 5.02 Å². The number of ether oxygens (including phenoxy) is 2. The highest BCUT2D eigenvalue weighted by Crippen LogP contribution is 2.28. The highest BCUT2D eigenvalue weighted by molar-refractivity contribution is 6.30. The molecule has 1 aliphatic rings. The second-order valence-electron chi connectivity index (χ2n) is 6.26. The molecule has 0 radical (unpaired) electrons. The van der Waals surface area contributed by atoms with Crippen molar-refractivity contribution in [2.24, 2.45) is 0 Å². The Hall–Kier alpha value is -1.75. The molecular weight excluding hydrogens is 306 g/mol. The van der Waals surface area contributed by atoms with Crippen LogP contribution in [-0.4, -0.2) is 35.7 Å². The number of benzene rings is 1. The predicted molar refractivity (Wildman–Crippen MR) is 82.7 cm³/mol. The maximum absolute atomic E-state index is 12.4. The summed E-state index contributed by atoms with van der Waals surface area (Å²) in [5.41, 5.74) is 1.27.